The Morgan fingerprint density at radius 1 is 0.929 bits per heavy atom. The summed E-state index contributed by atoms with van der Waals surface area (Å²) in [7, 11) is 4.46. The number of unbranched alkanes of at least 4 members (excludes halogenated alkanes) is 1. The highest BCUT2D eigenvalue weighted by atomic mass is 32.2. The number of halogens is 3. The Morgan fingerprint density at radius 3 is 2.32 bits per heavy atom. The highest BCUT2D eigenvalue weighted by Crippen LogP contribution is 2.49. The predicted octanol–water partition coefficient (Wildman–Crippen LogP) is 6.57. The van der Waals surface area contributed by atoms with Crippen molar-refractivity contribution in [2.75, 3.05) is 38.6 Å². The van der Waals surface area contributed by atoms with Gasteiger partial charge in [-0.2, -0.15) is 13.2 Å². The molecule has 1 aliphatic heterocycles. The van der Waals surface area contributed by atoms with Gasteiger partial charge in [0.1, 0.15) is 0 Å². The minimum atomic E-state index is -4.33. The summed E-state index contributed by atoms with van der Waals surface area (Å²) in [6, 6.07) is 12.1. The molecule has 3 rings (SSSR count). The van der Waals surface area contributed by atoms with E-state index in [1.54, 1.807) is 17.8 Å². The number of para-hydroxylation sites is 1. The topological polar surface area (TPSA) is 3.24 Å². The van der Waals surface area contributed by atoms with E-state index >= 15 is 0 Å². The Labute approximate surface area is 169 Å². The number of fused-ring (bicyclic) bond motifs is 2. The highest BCUT2D eigenvalue weighted by molar-refractivity contribution is 7.99. The largest absolute Gasteiger partial charge is 0.416 e. The third kappa shape index (κ3) is 4.84. The number of quaternary nitrogens is 1. The first-order valence-electron chi connectivity index (χ1n) is 9.79. The lowest BCUT2D eigenvalue weighted by atomic mass is 10.1. The summed E-state index contributed by atoms with van der Waals surface area (Å²) in [5.41, 5.74) is 1.07. The standard InChI is InChI=1S/C22H28F3N2S/c1-4-5-14-27(2,3)15-8-13-26-18-9-6-7-10-20(18)28-21-12-11-17(16-19(21)26)22(23,24)25/h6-7,9-12,16H,4-5,8,13-15H2,1-3H3/q+1. The van der Waals surface area contributed by atoms with E-state index in [1.165, 1.54) is 25.0 Å². The quantitative estimate of drug-likeness (QED) is 0.476. The molecule has 0 atom stereocenters. The lowest BCUT2D eigenvalue weighted by Crippen LogP contribution is -2.42. The fourth-order valence-corrected chi connectivity index (χ4v) is 4.68. The van der Waals surface area contributed by atoms with Crippen LogP contribution in [0.5, 0.6) is 0 Å². The summed E-state index contributed by atoms with van der Waals surface area (Å²) in [5.74, 6) is 0. The van der Waals surface area contributed by atoms with Crippen molar-refractivity contribution in [3.8, 4) is 0 Å². The van der Waals surface area contributed by atoms with E-state index in [0.29, 0.717) is 12.2 Å². The average molecular weight is 410 g/mol. The number of benzene rings is 2. The third-order valence-electron chi connectivity index (χ3n) is 5.22. The zero-order valence-electron chi connectivity index (χ0n) is 16.7. The van der Waals surface area contributed by atoms with Gasteiger partial charge in [-0.25, -0.2) is 0 Å². The first kappa shape index (κ1) is 21.1. The van der Waals surface area contributed by atoms with E-state index in [2.05, 4.69) is 25.9 Å². The molecule has 0 aliphatic carbocycles. The zero-order valence-corrected chi connectivity index (χ0v) is 17.5. The SMILES string of the molecule is CCCC[N+](C)(C)CCCN1c2ccccc2Sc2ccc(C(F)(F)F)cc21. The lowest BCUT2D eigenvalue weighted by Gasteiger charge is -2.35. The third-order valence-corrected chi connectivity index (χ3v) is 6.35. The minimum Gasteiger partial charge on any atom is -0.339 e. The molecule has 0 aromatic heterocycles. The van der Waals surface area contributed by atoms with Crippen molar-refractivity contribution in [2.45, 2.75) is 42.2 Å². The molecule has 0 radical (unpaired) electrons. The van der Waals surface area contributed by atoms with Gasteiger partial charge in [0.25, 0.3) is 0 Å². The van der Waals surface area contributed by atoms with Crippen molar-refractivity contribution in [1.29, 1.82) is 0 Å². The number of hydrogen-bond donors (Lipinski definition) is 0. The van der Waals surface area contributed by atoms with Crippen LogP contribution < -0.4 is 4.90 Å². The molecule has 28 heavy (non-hydrogen) atoms. The van der Waals surface area contributed by atoms with Crippen LogP contribution in [0, 0.1) is 0 Å². The summed E-state index contributed by atoms with van der Waals surface area (Å²) in [5, 5.41) is 0. The molecular formula is C22H28F3N2S+. The summed E-state index contributed by atoms with van der Waals surface area (Å²) >= 11 is 1.54. The molecule has 1 heterocycles. The molecule has 0 amide bonds. The number of rotatable bonds is 7. The lowest BCUT2D eigenvalue weighted by molar-refractivity contribution is -0.890. The van der Waals surface area contributed by atoms with Gasteiger partial charge < -0.3 is 9.38 Å². The minimum absolute atomic E-state index is 0.588. The van der Waals surface area contributed by atoms with Crippen molar-refractivity contribution in [3.63, 3.8) is 0 Å². The molecule has 0 bridgehead atoms. The van der Waals surface area contributed by atoms with Crippen LogP contribution in [0.25, 0.3) is 0 Å². The number of nitrogens with zero attached hydrogens (tertiary/aromatic N) is 2. The summed E-state index contributed by atoms with van der Waals surface area (Å²) < 4.78 is 40.8. The fourth-order valence-electron chi connectivity index (χ4n) is 3.60. The molecule has 152 valence electrons. The van der Waals surface area contributed by atoms with Crippen molar-refractivity contribution in [3.05, 3.63) is 48.0 Å². The first-order chi connectivity index (χ1) is 13.2. The van der Waals surface area contributed by atoms with E-state index in [0.717, 1.165) is 39.5 Å². The maximum absolute atomic E-state index is 13.3. The van der Waals surface area contributed by atoms with Gasteiger partial charge >= 0.3 is 6.18 Å². The number of anilines is 2. The normalized spacial score (nSPS) is 14.0. The van der Waals surface area contributed by atoms with Crippen LogP contribution in [-0.4, -0.2) is 38.2 Å². The van der Waals surface area contributed by atoms with E-state index < -0.39 is 11.7 Å². The molecule has 0 saturated carbocycles. The Balaban J connectivity index is 1.85. The molecule has 2 aromatic rings. The Kier molecular flexibility index (Phi) is 6.30. The van der Waals surface area contributed by atoms with Crippen molar-refractivity contribution >= 4 is 23.1 Å². The van der Waals surface area contributed by atoms with Gasteiger partial charge in [-0.05, 0) is 36.8 Å². The summed E-state index contributed by atoms with van der Waals surface area (Å²) in [6.45, 7) is 5.02. The molecule has 2 nitrogen and oxygen atoms in total. The second-order valence-corrected chi connectivity index (χ2v) is 9.08. The van der Waals surface area contributed by atoms with E-state index in [9.17, 15) is 13.2 Å². The van der Waals surface area contributed by atoms with Crippen LogP contribution in [0.3, 0.4) is 0 Å². The molecule has 0 spiro atoms. The highest BCUT2D eigenvalue weighted by Gasteiger charge is 2.33. The first-order valence-corrected chi connectivity index (χ1v) is 10.6. The monoisotopic (exact) mass is 409 g/mol. The zero-order chi connectivity index (χ0) is 20.4. The molecule has 0 N–H and O–H groups in total. The van der Waals surface area contributed by atoms with Crippen LogP contribution in [0.15, 0.2) is 52.3 Å². The maximum Gasteiger partial charge on any atom is 0.416 e. The van der Waals surface area contributed by atoms with Crippen molar-refractivity contribution in [2.24, 2.45) is 0 Å². The fraction of sp³-hybridized carbons (Fsp3) is 0.455. The van der Waals surface area contributed by atoms with Crippen molar-refractivity contribution < 1.29 is 17.7 Å². The van der Waals surface area contributed by atoms with Crippen LogP contribution in [-0.2, 0) is 6.18 Å². The van der Waals surface area contributed by atoms with Gasteiger partial charge in [0.05, 0.1) is 44.1 Å². The van der Waals surface area contributed by atoms with Gasteiger partial charge in [0.15, 0.2) is 0 Å². The van der Waals surface area contributed by atoms with Crippen LogP contribution in [0.1, 0.15) is 31.7 Å². The van der Waals surface area contributed by atoms with Crippen LogP contribution in [0.2, 0.25) is 0 Å². The summed E-state index contributed by atoms with van der Waals surface area (Å²) in [6.07, 6.45) is -1.05. The second kappa shape index (κ2) is 8.37. The smallest absolute Gasteiger partial charge is 0.339 e. The van der Waals surface area contributed by atoms with E-state index in [4.69, 9.17) is 0 Å². The average Bonchev–Trinajstić information content (AvgIpc) is 2.64. The van der Waals surface area contributed by atoms with Gasteiger partial charge in [-0.1, -0.05) is 37.2 Å². The van der Waals surface area contributed by atoms with Crippen LogP contribution in [0.4, 0.5) is 24.5 Å². The Morgan fingerprint density at radius 2 is 1.61 bits per heavy atom. The number of alkyl halides is 3. The molecule has 6 heteroatoms. The van der Waals surface area contributed by atoms with Crippen molar-refractivity contribution in [1.82, 2.24) is 0 Å². The van der Waals surface area contributed by atoms with Gasteiger partial charge in [-0.3, -0.25) is 0 Å². The van der Waals surface area contributed by atoms with Gasteiger partial charge in [0.2, 0.25) is 0 Å². The van der Waals surface area contributed by atoms with Crippen LogP contribution >= 0.6 is 11.8 Å². The molecule has 0 unspecified atom stereocenters. The predicted molar refractivity (Wildman–Crippen MR) is 110 cm³/mol. The second-order valence-electron chi connectivity index (χ2n) is 7.99. The molecule has 0 fully saturated rings. The molecule has 0 saturated heterocycles. The van der Waals surface area contributed by atoms with E-state index in [1.807, 2.05) is 24.3 Å². The molecule has 1 aliphatic rings. The van der Waals surface area contributed by atoms with Gasteiger partial charge in [0, 0.05) is 22.8 Å². The maximum atomic E-state index is 13.3. The molecular weight excluding hydrogens is 381 g/mol. The summed E-state index contributed by atoms with van der Waals surface area (Å²) in [4.78, 5) is 4.04. The number of hydrogen-bond acceptors (Lipinski definition) is 2. The van der Waals surface area contributed by atoms with Gasteiger partial charge in [-0.15, -0.1) is 0 Å². The Bertz CT molecular complexity index is 818. The Hall–Kier alpha value is -1.66. The molecule has 2 aromatic carbocycles. The van der Waals surface area contributed by atoms with E-state index in [-0.39, 0.29) is 0 Å².